The summed E-state index contributed by atoms with van der Waals surface area (Å²) in [5.74, 6) is -0.502. The van der Waals surface area contributed by atoms with E-state index in [-0.39, 0.29) is 25.5 Å². The summed E-state index contributed by atoms with van der Waals surface area (Å²) in [6.07, 6.45) is 1.11. The van der Waals surface area contributed by atoms with Crippen LogP contribution in [0.15, 0.2) is 63.8 Å². The van der Waals surface area contributed by atoms with Gasteiger partial charge in [-0.15, -0.1) is 0 Å². The lowest BCUT2D eigenvalue weighted by molar-refractivity contribution is -0.384. The third-order valence-electron chi connectivity index (χ3n) is 3.60. The Balaban J connectivity index is 1.79. The molecule has 1 heterocycles. The highest BCUT2D eigenvalue weighted by atomic mass is 32.2. The van der Waals surface area contributed by atoms with Crippen LogP contribution in [0.25, 0.3) is 0 Å². The minimum absolute atomic E-state index is 0.0786. The molecule has 0 atom stereocenters. The van der Waals surface area contributed by atoms with Crippen LogP contribution in [-0.4, -0.2) is 24.2 Å². The Morgan fingerprint density at radius 1 is 1.14 bits per heavy atom. The van der Waals surface area contributed by atoms with Crippen LogP contribution >= 0.6 is 11.3 Å². The number of carbonyl (C=O) groups is 1. The number of nitriles is 1. The lowest BCUT2D eigenvalue weighted by atomic mass is 10.1. The number of nitrogens with one attached hydrogen (secondary N) is 1. The van der Waals surface area contributed by atoms with Crippen LogP contribution in [-0.2, 0) is 9.84 Å². The van der Waals surface area contributed by atoms with E-state index in [1.165, 1.54) is 24.3 Å². The number of nitro groups is 1. The van der Waals surface area contributed by atoms with E-state index >= 15 is 0 Å². The molecule has 0 aliphatic carbocycles. The number of aromatic nitrogens is 1. The normalized spacial score (nSPS) is 10.8. The summed E-state index contributed by atoms with van der Waals surface area (Å²) in [7, 11) is -3.92. The lowest BCUT2D eigenvalue weighted by Crippen LogP contribution is -2.11. The fourth-order valence-electron chi connectivity index (χ4n) is 2.17. The van der Waals surface area contributed by atoms with Crippen LogP contribution in [0.4, 0.5) is 10.8 Å². The smallest absolute Gasteiger partial charge is 0.269 e. The van der Waals surface area contributed by atoms with Crippen molar-refractivity contribution in [3.8, 4) is 6.07 Å². The quantitative estimate of drug-likeness (QED) is 0.499. The summed E-state index contributed by atoms with van der Waals surface area (Å²) in [6, 6.07) is 12.3. The molecule has 28 heavy (non-hydrogen) atoms. The van der Waals surface area contributed by atoms with Crippen molar-refractivity contribution in [3.05, 3.63) is 76.0 Å². The summed E-state index contributed by atoms with van der Waals surface area (Å²) in [4.78, 5) is 26.0. The number of sulfone groups is 1. The van der Waals surface area contributed by atoms with E-state index in [1.807, 2.05) is 6.07 Å². The zero-order valence-corrected chi connectivity index (χ0v) is 15.5. The van der Waals surface area contributed by atoms with Crippen molar-refractivity contribution < 1.29 is 18.1 Å². The fourth-order valence-corrected chi connectivity index (χ4v) is 4.60. The van der Waals surface area contributed by atoms with Crippen LogP contribution in [0.3, 0.4) is 0 Å². The fraction of sp³-hybridized carbons (Fsp3) is 0. The number of nitrogens with zero attached hydrogens (tertiary/aromatic N) is 3. The van der Waals surface area contributed by atoms with E-state index < -0.39 is 20.7 Å². The summed E-state index contributed by atoms with van der Waals surface area (Å²) >= 11 is 0.759. The highest BCUT2D eigenvalue weighted by molar-refractivity contribution is 7.93. The van der Waals surface area contributed by atoms with E-state index in [1.54, 1.807) is 0 Å². The zero-order chi connectivity index (χ0) is 20.3. The number of carbonyl (C=O) groups excluding carboxylic acids is 1. The molecule has 0 fully saturated rings. The van der Waals surface area contributed by atoms with Gasteiger partial charge in [-0.3, -0.25) is 20.2 Å². The third kappa shape index (κ3) is 3.88. The second-order valence-corrected chi connectivity index (χ2v) is 8.59. The maximum absolute atomic E-state index is 12.6. The molecule has 0 spiro atoms. The number of non-ortho nitro benzene ring substituents is 1. The molecule has 3 aromatic rings. The number of hydrogen-bond acceptors (Lipinski definition) is 8. The van der Waals surface area contributed by atoms with Crippen molar-refractivity contribution in [1.29, 1.82) is 5.26 Å². The number of anilines is 1. The first kappa shape index (κ1) is 19.2. The number of thiazole rings is 1. The molecule has 0 saturated carbocycles. The first-order valence-electron chi connectivity index (χ1n) is 7.58. The summed E-state index contributed by atoms with van der Waals surface area (Å²) in [5, 5.41) is 22.0. The lowest BCUT2D eigenvalue weighted by Gasteiger charge is -2.02. The molecule has 1 N–H and O–H groups in total. The van der Waals surface area contributed by atoms with Gasteiger partial charge in [0.15, 0.2) is 5.13 Å². The number of rotatable bonds is 5. The molecule has 140 valence electrons. The summed E-state index contributed by atoms with van der Waals surface area (Å²) < 4.78 is 25.1. The average Bonchev–Trinajstić information content (AvgIpc) is 3.17. The average molecular weight is 414 g/mol. The molecule has 1 amide bonds. The molecule has 2 aromatic carbocycles. The minimum atomic E-state index is -3.92. The topological polar surface area (TPSA) is 143 Å². The molecule has 0 aliphatic heterocycles. The van der Waals surface area contributed by atoms with Crippen LogP contribution in [0.2, 0.25) is 0 Å². The van der Waals surface area contributed by atoms with Gasteiger partial charge in [0.25, 0.3) is 11.6 Å². The van der Waals surface area contributed by atoms with Crippen LogP contribution in [0.5, 0.6) is 0 Å². The summed E-state index contributed by atoms with van der Waals surface area (Å²) in [5.41, 5.74) is 0.467. The van der Waals surface area contributed by atoms with E-state index in [2.05, 4.69) is 10.3 Å². The molecular weight excluding hydrogens is 404 g/mol. The van der Waals surface area contributed by atoms with E-state index in [0.717, 1.165) is 41.8 Å². The Bertz CT molecular complexity index is 1190. The van der Waals surface area contributed by atoms with Crippen molar-refractivity contribution in [2.24, 2.45) is 0 Å². The van der Waals surface area contributed by atoms with E-state index in [0.29, 0.717) is 5.56 Å². The summed E-state index contributed by atoms with van der Waals surface area (Å²) in [6.45, 7) is 0. The van der Waals surface area contributed by atoms with Crippen molar-refractivity contribution in [2.75, 3.05) is 5.32 Å². The van der Waals surface area contributed by atoms with Crippen molar-refractivity contribution in [1.82, 2.24) is 4.98 Å². The van der Waals surface area contributed by atoms with Gasteiger partial charge in [-0.1, -0.05) is 11.3 Å². The first-order valence-corrected chi connectivity index (χ1v) is 9.88. The predicted molar refractivity (Wildman–Crippen MR) is 99.8 cm³/mol. The number of amides is 1. The second kappa shape index (κ2) is 7.55. The molecular formula is C17H10N4O5S2. The van der Waals surface area contributed by atoms with Gasteiger partial charge >= 0.3 is 0 Å². The molecule has 3 rings (SSSR count). The van der Waals surface area contributed by atoms with Gasteiger partial charge in [0.05, 0.1) is 27.6 Å². The first-order chi connectivity index (χ1) is 13.3. The van der Waals surface area contributed by atoms with Gasteiger partial charge in [0, 0.05) is 17.7 Å². The maximum Gasteiger partial charge on any atom is 0.269 e. The van der Waals surface area contributed by atoms with Crippen LogP contribution in [0, 0.1) is 21.4 Å². The van der Waals surface area contributed by atoms with Gasteiger partial charge in [-0.2, -0.15) is 5.26 Å². The Labute approximate surface area is 163 Å². The highest BCUT2D eigenvalue weighted by Crippen LogP contribution is 2.29. The van der Waals surface area contributed by atoms with Gasteiger partial charge in [-0.25, -0.2) is 13.4 Å². The molecule has 0 bridgehead atoms. The predicted octanol–water partition coefficient (Wildman–Crippen LogP) is 3.01. The van der Waals surface area contributed by atoms with Gasteiger partial charge in [-0.05, 0) is 36.4 Å². The monoisotopic (exact) mass is 414 g/mol. The van der Waals surface area contributed by atoms with E-state index in [4.69, 9.17) is 5.26 Å². The molecule has 0 unspecified atom stereocenters. The Kier molecular flexibility index (Phi) is 5.16. The van der Waals surface area contributed by atoms with Gasteiger partial charge in [0.1, 0.15) is 4.21 Å². The van der Waals surface area contributed by atoms with Crippen LogP contribution < -0.4 is 5.32 Å². The highest BCUT2D eigenvalue weighted by Gasteiger charge is 2.22. The van der Waals surface area contributed by atoms with Crippen molar-refractivity contribution in [2.45, 2.75) is 9.10 Å². The van der Waals surface area contributed by atoms with Gasteiger partial charge < -0.3 is 0 Å². The maximum atomic E-state index is 12.6. The second-order valence-electron chi connectivity index (χ2n) is 5.38. The Morgan fingerprint density at radius 2 is 1.79 bits per heavy atom. The van der Waals surface area contributed by atoms with E-state index in [9.17, 15) is 23.3 Å². The Hall–Kier alpha value is -3.62. The van der Waals surface area contributed by atoms with Crippen molar-refractivity contribution >= 4 is 37.9 Å². The number of hydrogen-bond donors (Lipinski definition) is 1. The SMILES string of the molecule is N#Cc1ccc(C(=O)Nc2ncc(S(=O)(=O)c3ccc([N+](=O)[O-])cc3)s2)cc1. The zero-order valence-electron chi connectivity index (χ0n) is 13.9. The minimum Gasteiger partial charge on any atom is -0.298 e. The number of benzene rings is 2. The largest absolute Gasteiger partial charge is 0.298 e. The van der Waals surface area contributed by atoms with Gasteiger partial charge in [0.2, 0.25) is 9.84 Å². The standard InChI is InChI=1S/C17H10N4O5S2/c18-9-11-1-3-12(4-2-11)16(22)20-17-19-10-15(27-17)28(25,26)14-7-5-13(6-8-14)21(23)24/h1-8,10H,(H,19,20,22). The number of nitro benzene ring substituents is 1. The van der Waals surface area contributed by atoms with Crippen LogP contribution in [0.1, 0.15) is 15.9 Å². The molecule has 1 aromatic heterocycles. The molecule has 0 radical (unpaired) electrons. The molecule has 9 nitrogen and oxygen atoms in total. The molecule has 0 saturated heterocycles. The third-order valence-corrected chi connectivity index (χ3v) is 6.75. The Morgan fingerprint density at radius 3 is 2.36 bits per heavy atom. The molecule has 0 aliphatic rings. The molecule has 11 heteroatoms. The van der Waals surface area contributed by atoms with Crippen molar-refractivity contribution in [3.63, 3.8) is 0 Å².